The van der Waals surface area contributed by atoms with Gasteiger partial charge >= 0.3 is 151 Å². The van der Waals surface area contributed by atoms with Crippen LogP contribution in [-0.4, -0.2) is 60.1 Å². The molecule has 0 spiro atoms. The monoisotopic (exact) mass is 330 g/mol. The fourth-order valence-corrected chi connectivity index (χ4v) is 4.58. The van der Waals surface area contributed by atoms with Crippen molar-refractivity contribution in [2.24, 2.45) is 0 Å². The molecule has 0 N–H and O–H groups in total. The van der Waals surface area contributed by atoms with Crippen LogP contribution < -0.4 is 43.6 Å². The molecule has 7 heteroatoms. The van der Waals surface area contributed by atoms with Crippen LogP contribution >= 0.6 is 0 Å². The van der Waals surface area contributed by atoms with Crippen molar-refractivity contribution in [2.75, 3.05) is 14.2 Å². The fraction of sp³-hybridized carbons (Fsp3) is 0.273. The van der Waals surface area contributed by atoms with E-state index in [1.54, 1.807) is 14.2 Å². The van der Waals surface area contributed by atoms with Gasteiger partial charge in [-0.15, -0.1) is 0 Å². The van der Waals surface area contributed by atoms with E-state index in [9.17, 15) is 0 Å². The Kier molecular flexibility index (Phi) is 6.93. The number of aryl methyl sites for hydroxylation is 1. The smallest absolute Gasteiger partial charge is 1.00 e. The number of rotatable bonds is 3. The first kappa shape index (κ1) is 16.7. The van der Waals surface area contributed by atoms with E-state index in [1.165, 1.54) is 0 Å². The minimum atomic E-state index is 0. The first-order chi connectivity index (χ1) is 8.19. The number of methoxy groups -OCH3 is 2. The summed E-state index contributed by atoms with van der Waals surface area (Å²) >= 11 is 1.14. The number of hydrogen-bond acceptors (Lipinski definition) is 4. The van der Waals surface area contributed by atoms with Crippen LogP contribution in [-0.2, 0) is 0 Å². The summed E-state index contributed by atoms with van der Waals surface area (Å²) in [5, 5.41) is 1.09. The van der Waals surface area contributed by atoms with Gasteiger partial charge in [0.1, 0.15) is 0 Å². The van der Waals surface area contributed by atoms with Crippen LogP contribution in [0.2, 0.25) is 0 Å². The quantitative estimate of drug-likeness (QED) is 0.584. The summed E-state index contributed by atoms with van der Waals surface area (Å²) in [6.45, 7) is 1.92. The van der Waals surface area contributed by atoms with Gasteiger partial charge in [-0.05, 0) is 0 Å². The molecule has 0 saturated carbocycles. The minimum absolute atomic E-state index is 0. The Morgan fingerprint density at radius 2 is 1.78 bits per heavy atom. The summed E-state index contributed by atoms with van der Waals surface area (Å²) in [4.78, 5) is 8.95. The molecule has 0 bridgehead atoms. The topological polar surface area (TPSA) is 44.2 Å². The fourth-order valence-electron chi connectivity index (χ4n) is 1.69. The Bertz CT molecular complexity index is 572. The normalized spacial score (nSPS) is 10.1. The zero-order valence-corrected chi connectivity index (χ0v) is 17.0. The molecule has 1 aromatic carbocycles. The summed E-state index contributed by atoms with van der Waals surface area (Å²) in [6, 6.07) is 3.89. The molecule has 2 rings (SSSR count). The predicted molar refractivity (Wildman–Crippen MR) is 69.6 cm³/mol. The van der Waals surface area contributed by atoms with E-state index in [4.69, 9.17) is 9.47 Å². The van der Waals surface area contributed by atoms with E-state index in [0.717, 1.165) is 52.4 Å². The number of aromatic nitrogens is 2. The zero-order valence-electron chi connectivity index (χ0n) is 12.3. The molecule has 0 atom stereocenters. The molecule has 0 unspecified atom stereocenters. The van der Waals surface area contributed by atoms with E-state index in [0.29, 0.717) is 16.3 Å². The third kappa shape index (κ3) is 3.41. The van der Waals surface area contributed by atoms with Crippen molar-refractivity contribution in [3.8, 4) is 11.5 Å². The van der Waals surface area contributed by atoms with Crippen LogP contribution in [0.25, 0.3) is 10.9 Å². The third-order valence-corrected chi connectivity index (χ3v) is 5.94. The predicted octanol–water partition coefficient (Wildman–Crippen LogP) is -2.52. The van der Waals surface area contributed by atoms with Gasteiger partial charge in [-0.3, -0.25) is 0 Å². The molecule has 0 aliphatic rings. The molecule has 0 fully saturated rings. The summed E-state index contributed by atoms with van der Waals surface area (Å²) in [7, 11) is 3.74. The van der Waals surface area contributed by atoms with Crippen molar-refractivity contribution < 1.29 is 40.5 Å². The van der Waals surface area contributed by atoms with Crippen molar-refractivity contribution in [2.45, 2.75) is 6.92 Å². The van der Waals surface area contributed by atoms with E-state index in [-0.39, 0.29) is 31.0 Å². The average molecular weight is 329 g/mol. The molecular weight excluding hydrogens is 317 g/mol. The van der Waals surface area contributed by atoms with Crippen LogP contribution in [0.4, 0.5) is 0 Å². The van der Waals surface area contributed by atoms with Gasteiger partial charge in [0.25, 0.3) is 0 Å². The van der Waals surface area contributed by atoms with Gasteiger partial charge in [-0.2, -0.15) is 0 Å². The third-order valence-electron chi connectivity index (χ3n) is 2.47. The van der Waals surface area contributed by atoms with E-state index >= 15 is 0 Å². The molecule has 0 saturated heterocycles. The van der Waals surface area contributed by atoms with Gasteiger partial charge in [0.05, 0.1) is 0 Å². The van der Waals surface area contributed by atoms with Gasteiger partial charge in [0.2, 0.25) is 0 Å². The standard InChI is InChI=1S/C11H12N2O2Se.2Na.H/c1-6-12-8-5-10(15-3)9(14-2)4-7(8)11(16)13-6;;;/h4-5H,1-3H3,(H,12,13,16);;;/q;2*+1;-1/p-1. The van der Waals surface area contributed by atoms with Crippen molar-refractivity contribution >= 4 is 51.4 Å². The number of nitrogens with zero attached hydrogens (tertiary/aromatic N) is 2. The molecule has 0 amide bonds. The second-order valence-corrected chi connectivity index (χ2v) is 7.29. The molecule has 0 aliphatic carbocycles. The molecule has 18 heavy (non-hydrogen) atoms. The van der Waals surface area contributed by atoms with Gasteiger partial charge in [-0.25, -0.2) is 0 Å². The molecular formula is C11H12N2Na2O2Se. The van der Waals surface area contributed by atoms with Crippen molar-refractivity contribution in [3.63, 3.8) is 0 Å². The SMILES string of the molecule is COc1cc2nc(C)nc([Se][Na])c2cc1OC.[H-].[Na+]. The molecule has 4 nitrogen and oxygen atoms in total. The molecule has 0 aliphatic heterocycles. The van der Waals surface area contributed by atoms with Crippen LogP contribution in [0.5, 0.6) is 11.5 Å². The first-order valence-electron chi connectivity index (χ1n) is 5.14. The van der Waals surface area contributed by atoms with Crippen LogP contribution in [0, 0.1) is 6.92 Å². The number of ether oxygens (including phenoxy) is 2. The molecule has 0 radical (unpaired) electrons. The number of hydrogen-bond donors (Lipinski definition) is 0. The Morgan fingerprint density at radius 3 is 2.33 bits per heavy atom. The largest absolute Gasteiger partial charge is 1.00 e. The first-order valence-corrected chi connectivity index (χ1v) is 11.9. The maximum Gasteiger partial charge on any atom is 1.00 e. The molecule has 1 heterocycles. The molecule has 86 valence electrons. The Hall–Kier alpha value is 0.679. The molecule has 1 aromatic heterocycles. The van der Waals surface area contributed by atoms with Crippen molar-refractivity contribution in [3.05, 3.63) is 18.0 Å². The van der Waals surface area contributed by atoms with Crippen molar-refractivity contribution in [1.29, 1.82) is 0 Å². The van der Waals surface area contributed by atoms with Crippen LogP contribution in [0.1, 0.15) is 7.25 Å². The number of fused-ring (bicyclic) bond motifs is 1. The summed E-state index contributed by atoms with van der Waals surface area (Å²) in [5.74, 6) is 2.27. The number of benzene rings is 1. The summed E-state index contributed by atoms with van der Waals surface area (Å²) < 4.78 is 11.8. The van der Waals surface area contributed by atoms with Gasteiger partial charge in [0, 0.05) is 0 Å². The van der Waals surface area contributed by atoms with Gasteiger partial charge in [0.15, 0.2) is 0 Å². The zero-order chi connectivity index (χ0) is 12.4. The van der Waals surface area contributed by atoms with E-state index in [2.05, 4.69) is 9.97 Å². The Balaban J connectivity index is 0.00000162. The Labute approximate surface area is 150 Å². The van der Waals surface area contributed by atoms with Gasteiger partial charge in [-0.1, -0.05) is 0 Å². The molecule has 2 aromatic rings. The van der Waals surface area contributed by atoms with Crippen molar-refractivity contribution in [1.82, 2.24) is 9.97 Å². The van der Waals surface area contributed by atoms with Gasteiger partial charge < -0.3 is 1.43 Å². The Morgan fingerprint density at radius 1 is 1.17 bits per heavy atom. The van der Waals surface area contributed by atoms with E-state index < -0.39 is 0 Å². The summed E-state index contributed by atoms with van der Waals surface area (Å²) in [5.41, 5.74) is 0.933. The maximum atomic E-state index is 5.31. The second kappa shape index (κ2) is 7.46. The van der Waals surface area contributed by atoms with E-state index in [1.807, 2.05) is 19.1 Å². The average Bonchev–Trinajstić information content (AvgIpc) is 2.35. The van der Waals surface area contributed by atoms with Crippen LogP contribution in [0.15, 0.2) is 12.1 Å². The minimum Gasteiger partial charge on any atom is -1.00 e. The second-order valence-electron chi connectivity index (χ2n) is 3.50. The maximum absolute atomic E-state index is 5.31. The summed E-state index contributed by atoms with van der Waals surface area (Å²) in [6.07, 6.45) is 0. The van der Waals surface area contributed by atoms with Crippen LogP contribution in [0.3, 0.4) is 0 Å².